The maximum atomic E-state index is 6.07. The van der Waals surface area contributed by atoms with E-state index >= 15 is 0 Å². The van der Waals surface area contributed by atoms with Crippen LogP contribution in [0.5, 0.6) is 0 Å². The van der Waals surface area contributed by atoms with Gasteiger partial charge < -0.3 is 0 Å². The van der Waals surface area contributed by atoms with E-state index in [1.54, 1.807) is 18.2 Å². The molecule has 3 aromatic rings. The van der Waals surface area contributed by atoms with Crippen molar-refractivity contribution in [1.29, 1.82) is 0 Å². The average Bonchev–Trinajstić information content (AvgIpc) is 2.29. The molecule has 0 bridgehead atoms. The maximum Gasteiger partial charge on any atom is 0.108 e. The lowest BCUT2D eigenvalue weighted by Gasteiger charge is -2.03. The molecule has 0 aliphatic carbocycles. The lowest BCUT2D eigenvalue weighted by molar-refractivity contribution is 1.39. The second kappa shape index (κ2) is 3.98. The lowest BCUT2D eigenvalue weighted by atomic mass is 10.2. The Kier molecular flexibility index (Phi) is 2.58. The van der Waals surface area contributed by atoms with Gasteiger partial charge in [0, 0.05) is 0 Å². The van der Waals surface area contributed by atoms with Crippen LogP contribution in [0.25, 0.3) is 22.1 Å². The monoisotopic (exact) mass is 282 g/mol. The molecule has 0 radical (unpaired) electrons. The van der Waals surface area contributed by atoms with Crippen LogP contribution < -0.4 is 0 Å². The zero-order chi connectivity index (χ0) is 12.0. The van der Waals surface area contributed by atoms with Gasteiger partial charge in [-0.3, -0.25) is 0 Å². The number of fused-ring (bicyclic) bond motifs is 2. The van der Waals surface area contributed by atoms with Gasteiger partial charge in [-0.2, -0.15) is 0 Å². The number of benzene rings is 2. The Labute approximate surface area is 112 Å². The molecule has 0 amide bonds. The van der Waals surface area contributed by atoms with Crippen molar-refractivity contribution in [3.05, 3.63) is 45.4 Å². The van der Waals surface area contributed by atoms with Crippen LogP contribution in [0.1, 0.15) is 0 Å². The molecule has 1 aromatic heterocycles. The van der Waals surface area contributed by atoms with Crippen molar-refractivity contribution in [2.24, 2.45) is 0 Å². The number of rotatable bonds is 0. The Bertz CT molecular complexity index is 740. The van der Waals surface area contributed by atoms with Crippen molar-refractivity contribution in [1.82, 2.24) is 9.97 Å². The predicted octanol–water partition coefficient (Wildman–Crippen LogP) is 4.74. The Morgan fingerprint density at radius 1 is 0.706 bits per heavy atom. The second-order valence-electron chi connectivity index (χ2n) is 3.59. The SMILES string of the molecule is Clc1cc2nc3cccc(Cl)c3nc2cc1Cl. The molecule has 0 aliphatic heterocycles. The summed E-state index contributed by atoms with van der Waals surface area (Å²) in [5, 5.41) is 1.50. The molecule has 0 saturated heterocycles. The highest BCUT2D eigenvalue weighted by Crippen LogP contribution is 2.28. The zero-order valence-electron chi connectivity index (χ0n) is 8.42. The molecule has 2 nitrogen and oxygen atoms in total. The third kappa shape index (κ3) is 1.82. The van der Waals surface area contributed by atoms with Crippen LogP contribution in [0, 0.1) is 0 Å². The summed E-state index contributed by atoms with van der Waals surface area (Å²) >= 11 is 18.0. The van der Waals surface area contributed by atoms with Crippen LogP contribution in [-0.2, 0) is 0 Å². The Morgan fingerprint density at radius 2 is 1.35 bits per heavy atom. The highest BCUT2D eigenvalue weighted by Gasteiger charge is 2.07. The van der Waals surface area contributed by atoms with Gasteiger partial charge in [-0.1, -0.05) is 40.9 Å². The minimum absolute atomic E-state index is 0.458. The van der Waals surface area contributed by atoms with Crippen molar-refractivity contribution >= 4 is 56.9 Å². The molecule has 3 rings (SSSR count). The molecular formula is C12H5Cl3N2. The zero-order valence-corrected chi connectivity index (χ0v) is 10.7. The fourth-order valence-corrected chi connectivity index (χ4v) is 2.19. The molecule has 0 unspecified atom stereocenters. The van der Waals surface area contributed by atoms with Crippen LogP contribution in [0.3, 0.4) is 0 Å². The summed E-state index contributed by atoms with van der Waals surface area (Å²) in [4.78, 5) is 8.89. The molecule has 17 heavy (non-hydrogen) atoms. The number of hydrogen-bond acceptors (Lipinski definition) is 2. The van der Waals surface area contributed by atoms with E-state index in [0.717, 1.165) is 5.52 Å². The summed E-state index contributed by atoms with van der Waals surface area (Å²) in [6, 6.07) is 8.86. The molecule has 84 valence electrons. The van der Waals surface area contributed by atoms with Gasteiger partial charge in [-0.15, -0.1) is 0 Å². The normalized spacial score (nSPS) is 11.2. The lowest BCUT2D eigenvalue weighted by Crippen LogP contribution is -1.88. The summed E-state index contributed by atoms with van der Waals surface area (Å²) in [5.74, 6) is 0. The van der Waals surface area contributed by atoms with Crippen LogP contribution in [0.4, 0.5) is 0 Å². The maximum absolute atomic E-state index is 6.07. The van der Waals surface area contributed by atoms with E-state index in [4.69, 9.17) is 34.8 Å². The summed E-state index contributed by atoms with van der Waals surface area (Å²) in [5.41, 5.74) is 2.79. The van der Waals surface area contributed by atoms with Gasteiger partial charge in [0.1, 0.15) is 5.52 Å². The molecule has 0 fully saturated rings. The van der Waals surface area contributed by atoms with Crippen LogP contribution in [0.2, 0.25) is 15.1 Å². The number of halogens is 3. The van der Waals surface area contributed by atoms with Gasteiger partial charge in [0.2, 0.25) is 0 Å². The minimum atomic E-state index is 0.458. The third-order valence-electron chi connectivity index (χ3n) is 2.46. The standard InChI is InChI=1S/C12H5Cl3N2/c13-6-2-1-3-9-12(6)17-11-5-8(15)7(14)4-10(11)16-9/h1-5H. The molecule has 2 aromatic carbocycles. The van der Waals surface area contributed by atoms with Crippen molar-refractivity contribution in [3.8, 4) is 0 Å². The van der Waals surface area contributed by atoms with Crippen LogP contribution in [0.15, 0.2) is 30.3 Å². The first kappa shape index (κ1) is 11.0. The van der Waals surface area contributed by atoms with E-state index in [2.05, 4.69) is 9.97 Å². The topological polar surface area (TPSA) is 25.8 Å². The highest BCUT2D eigenvalue weighted by atomic mass is 35.5. The predicted molar refractivity (Wildman–Crippen MR) is 72.1 cm³/mol. The third-order valence-corrected chi connectivity index (χ3v) is 3.48. The molecule has 0 saturated carbocycles. The molecule has 1 heterocycles. The minimum Gasteiger partial charge on any atom is -0.244 e. The number of para-hydroxylation sites is 1. The summed E-state index contributed by atoms with van der Waals surface area (Å²) in [6.07, 6.45) is 0. The van der Waals surface area contributed by atoms with Crippen molar-refractivity contribution in [2.45, 2.75) is 0 Å². The first-order valence-electron chi connectivity index (χ1n) is 4.86. The molecule has 0 N–H and O–H groups in total. The highest BCUT2D eigenvalue weighted by molar-refractivity contribution is 6.42. The first-order valence-corrected chi connectivity index (χ1v) is 5.99. The summed E-state index contributed by atoms with van der Waals surface area (Å²) in [6.45, 7) is 0. The van der Waals surface area contributed by atoms with Crippen molar-refractivity contribution < 1.29 is 0 Å². The van der Waals surface area contributed by atoms with E-state index in [1.807, 2.05) is 12.1 Å². The summed E-state index contributed by atoms with van der Waals surface area (Å²) < 4.78 is 0. The van der Waals surface area contributed by atoms with Crippen molar-refractivity contribution in [3.63, 3.8) is 0 Å². The number of nitrogens with zero attached hydrogens (tertiary/aromatic N) is 2. The van der Waals surface area contributed by atoms with E-state index in [0.29, 0.717) is 31.6 Å². The van der Waals surface area contributed by atoms with E-state index in [9.17, 15) is 0 Å². The van der Waals surface area contributed by atoms with Crippen LogP contribution in [-0.4, -0.2) is 9.97 Å². The Morgan fingerprint density at radius 3 is 2.06 bits per heavy atom. The van der Waals surface area contributed by atoms with Gasteiger partial charge in [0.25, 0.3) is 0 Å². The number of aromatic nitrogens is 2. The van der Waals surface area contributed by atoms with E-state index < -0.39 is 0 Å². The van der Waals surface area contributed by atoms with Crippen LogP contribution >= 0.6 is 34.8 Å². The molecular weight excluding hydrogens is 279 g/mol. The van der Waals surface area contributed by atoms with E-state index in [-0.39, 0.29) is 0 Å². The summed E-state index contributed by atoms with van der Waals surface area (Å²) in [7, 11) is 0. The fraction of sp³-hybridized carbons (Fsp3) is 0. The molecule has 0 atom stereocenters. The van der Waals surface area contributed by atoms with Gasteiger partial charge in [0.15, 0.2) is 0 Å². The smallest absolute Gasteiger partial charge is 0.108 e. The largest absolute Gasteiger partial charge is 0.244 e. The second-order valence-corrected chi connectivity index (χ2v) is 4.81. The van der Waals surface area contributed by atoms with Gasteiger partial charge in [0.05, 0.1) is 31.6 Å². The first-order chi connectivity index (χ1) is 8.15. The van der Waals surface area contributed by atoms with Gasteiger partial charge >= 0.3 is 0 Å². The number of hydrogen-bond donors (Lipinski definition) is 0. The molecule has 0 spiro atoms. The quantitative estimate of drug-likeness (QED) is 0.557. The Hall–Kier alpha value is -1.09. The van der Waals surface area contributed by atoms with Crippen molar-refractivity contribution in [2.75, 3.05) is 0 Å². The Balaban J connectivity index is 2.48. The van der Waals surface area contributed by atoms with Gasteiger partial charge in [-0.05, 0) is 24.3 Å². The fourth-order valence-electron chi connectivity index (χ4n) is 1.66. The average molecular weight is 284 g/mol. The molecule has 5 heteroatoms. The van der Waals surface area contributed by atoms with Gasteiger partial charge in [-0.25, -0.2) is 9.97 Å². The van der Waals surface area contributed by atoms with E-state index in [1.165, 1.54) is 0 Å². The molecule has 0 aliphatic rings.